The Morgan fingerprint density at radius 3 is 2.62 bits per heavy atom. The Bertz CT molecular complexity index is 1150. The van der Waals surface area contributed by atoms with E-state index in [1.54, 1.807) is 0 Å². The van der Waals surface area contributed by atoms with E-state index in [1.165, 1.54) is 27.0 Å². The van der Waals surface area contributed by atoms with Gasteiger partial charge in [0.05, 0.1) is 10.9 Å². The zero-order chi connectivity index (χ0) is 14.0. The fourth-order valence-electron chi connectivity index (χ4n) is 3.29. The summed E-state index contributed by atoms with van der Waals surface area (Å²) in [7, 11) is 2.11. The third-order valence-corrected chi connectivity index (χ3v) is 4.26. The molecule has 0 aliphatic heterocycles. The molecular formula is C18H12BNO. The van der Waals surface area contributed by atoms with Gasteiger partial charge in [0.15, 0.2) is 0 Å². The average Bonchev–Trinajstić information content (AvgIpc) is 3.03. The van der Waals surface area contributed by atoms with Gasteiger partial charge in [0.25, 0.3) is 0 Å². The maximum Gasteiger partial charge on any atom is 0.145 e. The number of hydrogen-bond acceptors (Lipinski definition) is 1. The monoisotopic (exact) mass is 269 g/mol. The van der Waals surface area contributed by atoms with Crippen LogP contribution in [0.15, 0.2) is 59.0 Å². The molecule has 5 rings (SSSR count). The van der Waals surface area contributed by atoms with E-state index in [2.05, 4.69) is 55.3 Å². The van der Waals surface area contributed by atoms with E-state index >= 15 is 0 Å². The van der Waals surface area contributed by atoms with Crippen molar-refractivity contribution in [3.8, 4) is 0 Å². The van der Waals surface area contributed by atoms with Gasteiger partial charge in [-0.2, -0.15) is 0 Å². The molecule has 0 fully saturated rings. The summed E-state index contributed by atoms with van der Waals surface area (Å²) in [4.78, 5) is 3.50. The Balaban J connectivity index is 2.09. The van der Waals surface area contributed by atoms with Crippen LogP contribution in [0, 0.1) is 0 Å². The lowest BCUT2D eigenvalue weighted by Crippen LogP contribution is -1.98. The first-order valence-corrected chi connectivity index (χ1v) is 7.13. The van der Waals surface area contributed by atoms with Crippen molar-refractivity contribution in [3.05, 3.63) is 54.6 Å². The van der Waals surface area contributed by atoms with E-state index in [9.17, 15) is 0 Å². The van der Waals surface area contributed by atoms with Crippen LogP contribution in [-0.2, 0) is 0 Å². The van der Waals surface area contributed by atoms with Crippen molar-refractivity contribution in [1.29, 1.82) is 0 Å². The third-order valence-electron chi connectivity index (χ3n) is 4.26. The highest BCUT2D eigenvalue weighted by Gasteiger charge is 2.13. The van der Waals surface area contributed by atoms with Crippen LogP contribution in [0.3, 0.4) is 0 Å². The SMILES string of the molecule is Bc1ccc2c(c1)[nH]c1ccc3c4ccccc4oc3c12. The lowest BCUT2D eigenvalue weighted by molar-refractivity contribution is 0.673. The minimum atomic E-state index is 0.946. The second-order valence-electron chi connectivity index (χ2n) is 5.64. The largest absolute Gasteiger partial charge is 0.455 e. The summed E-state index contributed by atoms with van der Waals surface area (Å²) >= 11 is 0. The number of H-pyrrole nitrogens is 1. The van der Waals surface area contributed by atoms with Crippen molar-refractivity contribution in [2.75, 3.05) is 0 Å². The second-order valence-corrected chi connectivity index (χ2v) is 5.64. The first kappa shape index (κ1) is 11.0. The highest BCUT2D eigenvalue weighted by atomic mass is 16.3. The first-order chi connectivity index (χ1) is 10.3. The van der Waals surface area contributed by atoms with Crippen molar-refractivity contribution in [1.82, 2.24) is 4.98 Å². The summed E-state index contributed by atoms with van der Waals surface area (Å²) in [6.07, 6.45) is 0. The van der Waals surface area contributed by atoms with Gasteiger partial charge in [0.1, 0.15) is 19.0 Å². The summed E-state index contributed by atoms with van der Waals surface area (Å²) in [5.74, 6) is 0. The Morgan fingerprint density at radius 2 is 1.67 bits per heavy atom. The fraction of sp³-hybridized carbons (Fsp3) is 0. The summed E-state index contributed by atoms with van der Waals surface area (Å²) in [5.41, 5.74) is 5.47. The van der Waals surface area contributed by atoms with Gasteiger partial charge >= 0.3 is 0 Å². The van der Waals surface area contributed by atoms with Gasteiger partial charge in [-0.05, 0) is 24.3 Å². The van der Waals surface area contributed by atoms with Gasteiger partial charge in [0, 0.05) is 21.7 Å². The van der Waals surface area contributed by atoms with Crippen molar-refractivity contribution in [2.24, 2.45) is 0 Å². The second kappa shape index (κ2) is 3.70. The number of rotatable bonds is 0. The number of aromatic amines is 1. The quantitative estimate of drug-likeness (QED) is 0.428. The molecule has 0 bridgehead atoms. The summed E-state index contributed by atoms with van der Waals surface area (Å²) < 4.78 is 6.14. The fourth-order valence-corrected chi connectivity index (χ4v) is 3.29. The maximum atomic E-state index is 6.14. The molecule has 3 aromatic carbocycles. The van der Waals surface area contributed by atoms with Crippen LogP contribution in [0.5, 0.6) is 0 Å². The van der Waals surface area contributed by atoms with Gasteiger partial charge in [0.2, 0.25) is 0 Å². The molecule has 0 saturated carbocycles. The van der Waals surface area contributed by atoms with Crippen LogP contribution >= 0.6 is 0 Å². The molecular weight excluding hydrogens is 257 g/mol. The molecule has 21 heavy (non-hydrogen) atoms. The van der Waals surface area contributed by atoms with E-state index < -0.39 is 0 Å². The van der Waals surface area contributed by atoms with Crippen molar-refractivity contribution in [2.45, 2.75) is 0 Å². The normalized spacial score (nSPS) is 12.0. The third kappa shape index (κ3) is 1.38. The Hall–Kier alpha value is -2.68. The standard InChI is InChI=1S/C18H12BNO/c19-10-5-6-13-15(9-10)20-14-8-7-12-11-3-1-2-4-16(11)21-18(12)17(13)14/h1-9,20H,19H2. The topological polar surface area (TPSA) is 28.9 Å². The number of para-hydroxylation sites is 1. The first-order valence-electron chi connectivity index (χ1n) is 7.13. The molecule has 0 spiro atoms. The molecule has 0 aliphatic rings. The van der Waals surface area contributed by atoms with Crippen molar-refractivity contribution >= 4 is 57.1 Å². The zero-order valence-corrected chi connectivity index (χ0v) is 11.6. The number of furan rings is 1. The highest BCUT2D eigenvalue weighted by molar-refractivity contribution is 6.34. The maximum absolute atomic E-state index is 6.14. The highest BCUT2D eigenvalue weighted by Crippen LogP contribution is 2.37. The van der Waals surface area contributed by atoms with E-state index in [0.717, 1.165) is 22.2 Å². The number of nitrogens with one attached hydrogen (secondary N) is 1. The van der Waals surface area contributed by atoms with Gasteiger partial charge in [-0.15, -0.1) is 0 Å². The van der Waals surface area contributed by atoms with Crippen LogP contribution in [0.4, 0.5) is 0 Å². The molecule has 98 valence electrons. The molecule has 0 atom stereocenters. The smallest absolute Gasteiger partial charge is 0.145 e. The van der Waals surface area contributed by atoms with E-state index in [4.69, 9.17) is 4.42 Å². The molecule has 2 aromatic heterocycles. The van der Waals surface area contributed by atoms with Crippen LogP contribution in [0.25, 0.3) is 43.7 Å². The molecule has 1 N–H and O–H groups in total. The number of aromatic nitrogens is 1. The van der Waals surface area contributed by atoms with Gasteiger partial charge in [-0.3, -0.25) is 0 Å². The lowest BCUT2D eigenvalue weighted by atomic mass is 9.95. The molecule has 2 nitrogen and oxygen atoms in total. The number of benzene rings is 3. The number of fused-ring (bicyclic) bond motifs is 7. The molecule has 5 aromatic rings. The van der Waals surface area contributed by atoms with Gasteiger partial charge in [-0.1, -0.05) is 35.8 Å². The predicted molar refractivity (Wildman–Crippen MR) is 91.3 cm³/mol. The van der Waals surface area contributed by atoms with Crippen molar-refractivity contribution < 1.29 is 4.42 Å². The Labute approximate surface area is 121 Å². The summed E-state index contributed by atoms with van der Waals surface area (Å²) in [5, 5.41) is 4.76. The predicted octanol–water partition coefficient (Wildman–Crippen LogP) is 3.48. The minimum Gasteiger partial charge on any atom is -0.455 e. The molecule has 3 heteroatoms. The molecule has 0 amide bonds. The average molecular weight is 269 g/mol. The van der Waals surface area contributed by atoms with Crippen LogP contribution in [0.2, 0.25) is 0 Å². The lowest BCUT2D eigenvalue weighted by Gasteiger charge is -1.94. The summed E-state index contributed by atoms with van der Waals surface area (Å²) in [6.45, 7) is 0. The molecule has 0 unspecified atom stereocenters. The van der Waals surface area contributed by atoms with E-state index in [1.807, 2.05) is 12.1 Å². The Morgan fingerprint density at radius 1 is 0.810 bits per heavy atom. The van der Waals surface area contributed by atoms with Crippen molar-refractivity contribution in [3.63, 3.8) is 0 Å². The van der Waals surface area contributed by atoms with Gasteiger partial charge < -0.3 is 9.40 Å². The van der Waals surface area contributed by atoms with E-state index in [-0.39, 0.29) is 0 Å². The minimum absolute atomic E-state index is 0.946. The summed E-state index contributed by atoms with van der Waals surface area (Å²) in [6, 6.07) is 19.0. The molecule has 0 saturated heterocycles. The molecule has 0 radical (unpaired) electrons. The van der Waals surface area contributed by atoms with Crippen LogP contribution < -0.4 is 5.46 Å². The zero-order valence-electron chi connectivity index (χ0n) is 11.6. The Kier molecular flexibility index (Phi) is 1.94. The molecule has 0 aliphatic carbocycles. The van der Waals surface area contributed by atoms with E-state index in [0.29, 0.717) is 0 Å². The number of hydrogen-bond donors (Lipinski definition) is 1. The van der Waals surface area contributed by atoms with Gasteiger partial charge in [-0.25, -0.2) is 0 Å². The molecule has 2 heterocycles. The van der Waals surface area contributed by atoms with Crippen LogP contribution in [-0.4, -0.2) is 12.8 Å². The van der Waals surface area contributed by atoms with Crippen LogP contribution in [0.1, 0.15) is 0 Å².